The fraction of sp³-hybridized carbons (Fsp3) is 0.0690. The molecule has 38 heavy (non-hydrogen) atoms. The van der Waals surface area contributed by atoms with Crippen LogP contribution in [-0.4, -0.2) is 17.9 Å². The van der Waals surface area contributed by atoms with Crippen molar-refractivity contribution in [1.82, 2.24) is 0 Å². The number of hydrogen-bond donors (Lipinski definition) is 1. The fourth-order valence-corrected chi connectivity index (χ4v) is 3.84. The molecule has 0 spiro atoms. The van der Waals surface area contributed by atoms with E-state index in [9.17, 15) is 14.9 Å². The standard InChI is InChI=1S/C29H22N2O7/c1-35-22-9-11-23(12-10-22)37-25-16-20(15-21(17-25)31(33)34)30-29(32)28-14-13-24(38-28)18-36-27-8-4-6-19-5-2-3-7-26(19)27/h2-17H,18H2,1H3,(H,30,32). The third-order valence-electron chi connectivity index (χ3n) is 5.66. The zero-order valence-electron chi connectivity index (χ0n) is 20.2. The van der Waals surface area contributed by atoms with Crippen LogP contribution in [0.1, 0.15) is 16.3 Å². The zero-order valence-corrected chi connectivity index (χ0v) is 20.2. The molecule has 1 heterocycles. The summed E-state index contributed by atoms with van der Waals surface area (Å²) < 4.78 is 22.5. The first-order valence-electron chi connectivity index (χ1n) is 11.6. The average molecular weight is 511 g/mol. The van der Waals surface area contributed by atoms with Crippen LogP contribution in [-0.2, 0) is 6.61 Å². The molecule has 9 heteroatoms. The SMILES string of the molecule is COc1ccc(Oc2cc(NC(=O)c3ccc(COc4cccc5ccccc45)o3)cc([N+](=O)[O-])c2)cc1. The minimum Gasteiger partial charge on any atom is -0.497 e. The summed E-state index contributed by atoms with van der Waals surface area (Å²) >= 11 is 0. The molecule has 0 aliphatic carbocycles. The number of hydrogen-bond acceptors (Lipinski definition) is 7. The Morgan fingerprint density at radius 3 is 2.45 bits per heavy atom. The van der Waals surface area contributed by atoms with E-state index in [1.165, 1.54) is 24.3 Å². The van der Waals surface area contributed by atoms with Crippen LogP contribution in [0.2, 0.25) is 0 Å². The Bertz CT molecular complexity index is 1600. The number of non-ortho nitro benzene ring substituents is 1. The van der Waals surface area contributed by atoms with Gasteiger partial charge >= 0.3 is 0 Å². The number of furan rings is 1. The summed E-state index contributed by atoms with van der Waals surface area (Å²) in [6.07, 6.45) is 0. The summed E-state index contributed by atoms with van der Waals surface area (Å²) in [5.41, 5.74) is -0.0624. The highest BCUT2D eigenvalue weighted by Crippen LogP contribution is 2.31. The van der Waals surface area contributed by atoms with Crippen molar-refractivity contribution >= 4 is 28.1 Å². The molecule has 0 saturated heterocycles. The van der Waals surface area contributed by atoms with E-state index in [1.807, 2.05) is 42.5 Å². The first-order valence-corrected chi connectivity index (χ1v) is 11.6. The van der Waals surface area contributed by atoms with Crippen LogP contribution in [0, 0.1) is 10.1 Å². The third-order valence-corrected chi connectivity index (χ3v) is 5.66. The Kier molecular flexibility index (Phi) is 6.90. The fourth-order valence-electron chi connectivity index (χ4n) is 3.84. The Labute approximate surface area is 217 Å². The number of carbonyl (C=O) groups excluding carboxylic acids is 1. The maximum absolute atomic E-state index is 12.8. The topological polar surface area (TPSA) is 113 Å². The minimum atomic E-state index is -0.572. The van der Waals surface area contributed by atoms with Gasteiger partial charge in [-0.1, -0.05) is 36.4 Å². The molecule has 190 valence electrons. The lowest BCUT2D eigenvalue weighted by molar-refractivity contribution is -0.384. The first kappa shape index (κ1) is 24.4. The number of amides is 1. The van der Waals surface area contributed by atoms with Gasteiger partial charge in [0, 0.05) is 17.5 Å². The highest BCUT2D eigenvalue weighted by atomic mass is 16.6. The number of ether oxygens (including phenoxy) is 3. The number of rotatable bonds is 9. The molecule has 0 fully saturated rings. The second-order valence-corrected chi connectivity index (χ2v) is 8.24. The number of methoxy groups -OCH3 is 1. The van der Waals surface area contributed by atoms with Gasteiger partial charge in [0.15, 0.2) is 5.76 Å². The van der Waals surface area contributed by atoms with Gasteiger partial charge in [0.05, 0.1) is 23.8 Å². The van der Waals surface area contributed by atoms with Crippen LogP contribution < -0.4 is 19.5 Å². The molecule has 4 aromatic carbocycles. The molecule has 5 rings (SSSR count). The molecule has 0 atom stereocenters. The number of carbonyl (C=O) groups is 1. The maximum Gasteiger partial charge on any atom is 0.291 e. The quantitative estimate of drug-likeness (QED) is 0.168. The highest BCUT2D eigenvalue weighted by molar-refractivity contribution is 6.02. The summed E-state index contributed by atoms with van der Waals surface area (Å²) in [6, 6.07) is 27.5. The monoisotopic (exact) mass is 510 g/mol. The average Bonchev–Trinajstić information content (AvgIpc) is 3.41. The Morgan fingerprint density at radius 2 is 1.66 bits per heavy atom. The lowest BCUT2D eigenvalue weighted by Crippen LogP contribution is -2.11. The van der Waals surface area contributed by atoms with Crippen molar-refractivity contribution in [3.05, 3.63) is 119 Å². The zero-order chi connectivity index (χ0) is 26.5. The van der Waals surface area contributed by atoms with Gasteiger partial charge in [-0.05, 0) is 47.9 Å². The Morgan fingerprint density at radius 1 is 0.895 bits per heavy atom. The van der Waals surface area contributed by atoms with E-state index in [0.29, 0.717) is 23.0 Å². The molecule has 0 saturated carbocycles. The second-order valence-electron chi connectivity index (χ2n) is 8.24. The van der Waals surface area contributed by atoms with E-state index < -0.39 is 10.8 Å². The first-order chi connectivity index (χ1) is 18.5. The molecule has 0 aliphatic rings. The van der Waals surface area contributed by atoms with Gasteiger partial charge in [0.1, 0.15) is 35.4 Å². The normalized spacial score (nSPS) is 10.7. The summed E-state index contributed by atoms with van der Waals surface area (Å²) in [7, 11) is 1.55. The maximum atomic E-state index is 12.8. The van der Waals surface area contributed by atoms with Gasteiger partial charge in [-0.25, -0.2) is 0 Å². The van der Waals surface area contributed by atoms with E-state index in [2.05, 4.69) is 5.32 Å². The van der Waals surface area contributed by atoms with E-state index in [0.717, 1.165) is 10.8 Å². The number of nitro benzene ring substituents is 1. The lowest BCUT2D eigenvalue weighted by Gasteiger charge is -2.09. The third kappa shape index (κ3) is 5.57. The molecule has 0 bridgehead atoms. The van der Waals surface area contributed by atoms with Crippen molar-refractivity contribution in [2.24, 2.45) is 0 Å². The van der Waals surface area contributed by atoms with Crippen molar-refractivity contribution in [3.63, 3.8) is 0 Å². The molecule has 0 radical (unpaired) electrons. The molecular weight excluding hydrogens is 488 g/mol. The van der Waals surface area contributed by atoms with Gasteiger partial charge in [0.2, 0.25) is 0 Å². The van der Waals surface area contributed by atoms with E-state index >= 15 is 0 Å². The molecule has 0 unspecified atom stereocenters. The second kappa shape index (κ2) is 10.8. The van der Waals surface area contributed by atoms with Crippen molar-refractivity contribution in [2.45, 2.75) is 6.61 Å². The number of benzene rings is 4. The summed E-state index contributed by atoms with van der Waals surface area (Å²) in [5, 5.41) is 16.1. The van der Waals surface area contributed by atoms with E-state index in [1.54, 1.807) is 37.4 Å². The van der Waals surface area contributed by atoms with E-state index in [4.69, 9.17) is 18.6 Å². The number of nitrogens with one attached hydrogen (secondary N) is 1. The number of nitro groups is 1. The molecule has 0 aliphatic heterocycles. The smallest absolute Gasteiger partial charge is 0.291 e. The van der Waals surface area contributed by atoms with Crippen LogP contribution in [0.15, 0.2) is 101 Å². The summed E-state index contributed by atoms with van der Waals surface area (Å²) in [4.78, 5) is 23.7. The van der Waals surface area contributed by atoms with Gasteiger partial charge in [-0.3, -0.25) is 14.9 Å². The molecule has 1 N–H and O–H groups in total. The predicted molar refractivity (Wildman–Crippen MR) is 141 cm³/mol. The van der Waals surface area contributed by atoms with Gasteiger partial charge < -0.3 is 23.9 Å². The molecule has 1 aromatic heterocycles. The van der Waals surface area contributed by atoms with Gasteiger partial charge in [0.25, 0.3) is 11.6 Å². The predicted octanol–water partition coefficient (Wildman–Crippen LogP) is 6.97. The van der Waals surface area contributed by atoms with Crippen molar-refractivity contribution in [1.29, 1.82) is 0 Å². The highest BCUT2D eigenvalue weighted by Gasteiger charge is 2.17. The van der Waals surface area contributed by atoms with Crippen LogP contribution in [0.3, 0.4) is 0 Å². The minimum absolute atomic E-state index is 0.0330. The number of nitrogens with zero attached hydrogens (tertiary/aromatic N) is 1. The van der Waals surface area contributed by atoms with Crippen LogP contribution in [0.4, 0.5) is 11.4 Å². The van der Waals surface area contributed by atoms with Crippen LogP contribution in [0.25, 0.3) is 10.8 Å². The molecule has 5 aromatic rings. The Hall–Kier alpha value is -5.31. The molecular formula is C29H22N2O7. The number of fused-ring (bicyclic) bond motifs is 1. The van der Waals surface area contributed by atoms with Crippen LogP contribution in [0.5, 0.6) is 23.0 Å². The summed E-state index contributed by atoms with van der Waals surface area (Å²) in [5.74, 6) is 1.89. The summed E-state index contributed by atoms with van der Waals surface area (Å²) in [6.45, 7) is 0.123. The van der Waals surface area contributed by atoms with Crippen molar-refractivity contribution in [2.75, 3.05) is 12.4 Å². The van der Waals surface area contributed by atoms with Crippen LogP contribution >= 0.6 is 0 Å². The van der Waals surface area contributed by atoms with Crippen molar-refractivity contribution < 1.29 is 28.3 Å². The van der Waals surface area contributed by atoms with E-state index in [-0.39, 0.29) is 29.5 Å². The molecule has 1 amide bonds. The van der Waals surface area contributed by atoms with Crippen molar-refractivity contribution in [3.8, 4) is 23.0 Å². The lowest BCUT2D eigenvalue weighted by atomic mass is 10.1. The largest absolute Gasteiger partial charge is 0.497 e. The van der Waals surface area contributed by atoms with Gasteiger partial charge in [-0.15, -0.1) is 0 Å². The molecule has 9 nitrogen and oxygen atoms in total. The Balaban J connectivity index is 1.28. The number of anilines is 1. The van der Waals surface area contributed by atoms with Gasteiger partial charge in [-0.2, -0.15) is 0 Å².